The molecule has 0 aliphatic carbocycles. The molecule has 0 fully saturated rings. The van der Waals surface area contributed by atoms with Crippen molar-refractivity contribution < 1.29 is 0 Å². The van der Waals surface area contributed by atoms with Gasteiger partial charge in [-0.05, 0) is 23.6 Å². The first-order valence-corrected chi connectivity index (χ1v) is 5.77. The van der Waals surface area contributed by atoms with Crippen LogP contribution < -0.4 is 5.73 Å². The van der Waals surface area contributed by atoms with Crippen LogP contribution in [0.1, 0.15) is 4.88 Å². The second-order valence-corrected chi connectivity index (χ2v) is 4.49. The maximum atomic E-state index is 5.37. The van der Waals surface area contributed by atoms with Crippen molar-refractivity contribution in [2.45, 2.75) is 6.42 Å². The van der Waals surface area contributed by atoms with Crippen LogP contribution in [0.2, 0.25) is 0 Å². The molecule has 62 valence electrons. The summed E-state index contributed by atoms with van der Waals surface area (Å²) < 4.78 is 0. The highest BCUT2D eigenvalue weighted by Crippen LogP contribution is 2.11. The molecule has 2 N–H and O–H groups in total. The molecule has 0 bridgehead atoms. The highest BCUT2D eigenvalue weighted by molar-refractivity contribution is 7.99. The van der Waals surface area contributed by atoms with Crippen LogP contribution in [0.3, 0.4) is 0 Å². The summed E-state index contributed by atoms with van der Waals surface area (Å²) in [5.41, 5.74) is 5.37. The number of rotatable bonds is 5. The van der Waals surface area contributed by atoms with Gasteiger partial charge in [0.25, 0.3) is 0 Å². The van der Waals surface area contributed by atoms with E-state index in [9.17, 15) is 0 Å². The molecule has 1 aromatic rings. The summed E-state index contributed by atoms with van der Waals surface area (Å²) in [6.07, 6.45) is 1.20. The van der Waals surface area contributed by atoms with Crippen molar-refractivity contribution in [2.75, 3.05) is 18.1 Å². The number of hydrogen-bond donors (Lipinski definition) is 1. The van der Waals surface area contributed by atoms with Gasteiger partial charge < -0.3 is 5.73 Å². The van der Waals surface area contributed by atoms with E-state index in [0.29, 0.717) is 0 Å². The lowest BCUT2D eigenvalue weighted by Crippen LogP contribution is -2.02. The summed E-state index contributed by atoms with van der Waals surface area (Å²) in [5, 5.41) is 2.13. The molecule has 0 radical (unpaired) electrons. The third-order valence-corrected chi connectivity index (χ3v) is 3.29. The Morgan fingerprint density at radius 3 is 3.00 bits per heavy atom. The van der Waals surface area contributed by atoms with Gasteiger partial charge in [0.2, 0.25) is 0 Å². The van der Waals surface area contributed by atoms with Crippen LogP contribution in [0.15, 0.2) is 17.5 Å². The zero-order valence-corrected chi connectivity index (χ0v) is 8.09. The topological polar surface area (TPSA) is 26.0 Å². The van der Waals surface area contributed by atoms with Gasteiger partial charge in [-0.1, -0.05) is 6.07 Å². The first-order valence-electron chi connectivity index (χ1n) is 3.73. The summed E-state index contributed by atoms with van der Waals surface area (Å²) in [4.78, 5) is 1.48. The largest absolute Gasteiger partial charge is 0.330 e. The van der Waals surface area contributed by atoms with E-state index in [0.717, 1.165) is 12.3 Å². The lowest BCUT2D eigenvalue weighted by atomic mass is 10.4. The molecule has 3 heteroatoms. The highest BCUT2D eigenvalue weighted by atomic mass is 32.2. The van der Waals surface area contributed by atoms with Crippen molar-refractivity contribution in [2.24, 2.45) is 5.73 Å². The molecule has 0 saturated carbocycles. The molecule has 0 atom stereocenters. The molecule has 11 heavy (non-hydrogen) atoms. The number of thioether (sulfide) groups is 1. The van der Waals surface area contributed by atoms with Gasteiger partial charge in [-0.25, -0.2) is 0 Å². The van der Waals surface area contributed by atoms with Gasteiger partial charge in [-0.3, -0.25) is 0 Å². The van der Waals surface area contributed by atoms with E-state index in [1.54, 1.807) is 0 Å². The Balaban J connectivity index is 2.04. The molecule has 0 aliphatic heterocycles. The maximum Gasteiger partial charge on any atom is 0.00559 e. The standard InChI is InChI=1S/C8H13NS2/c9-4-7-10-6-3-8-2-1-5-11-8/h1-2,5H,3-4,6-7,9H2. The number of aryl methyl sites for hydroxylation is 1. The molecule has 1 rings (SSSR count). The second kappa shape index (κ2) is 5.63. The molecule has 0 saturated heterocycles. The van der Waals surface area contributed by atoms with E-state index >= 15 is 0 Å². The summed E-state index contributed by atoms with van der Waals surface area (Å²) in [6.45, 7) is 0.801. The lowest BCUT2D eigenvalue weighted by Gasteiger charge is -1.96. The van der Waals surface area contributed by atoms with Gasteiger partial charge in [-0.2, -0.15) is 11.8 Å². The van der Waals surface area contributed by atoms with E-state index < -0.39 is 0 Å². The van der Waals surface area contributed by atoms with E-state index in [-0.39, 0.29) is 0 Å². The summed E-state index contributed by atoms with van der Waals surface area (Å²) in [7, 11) is 0. The molecule has 0 unspecified atom stereocenters. The third-order valence-electron chi connectivity index (χ3n) is 1.34. The van der Waals surface area contributed by atoms with E-state index in [2.05, 4.69) is 17.5 Å². The minimum Gasteiger partial charge on any atom is -0.330 e. The first kappa shape index (κ1) is 9.10. The van der Waals surface area contributed by atoms with Crippen LogP contribution >= 0.6 is 23.1 Å². The van der Waals surface area contributed by atoms with Gasteiger partial charge in [0.15, 0.2) is 0 Å². The molecule has 1 nitrogen and oxygen atoms in total. The number of nitrogens with two attached hydrogens (primary N) is 1. The molecular formula is C8H13NS2. The zero-order chi connectivity index (χ0) is 7.94. The highest BCUT2D eigenvalue weighted by Gasteiger charge is 1.92. The van der Waals surface area contributed by atoms with E-state index in [1.165, 1.54) is 17.1 Å². The van der Waals surface area contributed by atoms with Gasteiger partial charge in [-0.15, -0.1) is 11.3 Å². The number of hydrogen-bond acceptors (Lipinski definition) is 3. The van der Waals surface area contributed by atoms with Crippen LogP contribution in [0, 0.1) is 0 Å². The summed E-state index contributed by atoms with van der Waals surface area (Å²) in [5.74, 6) is 2.29. The zero-order valence-electron chi connectivity index (χ0n) is 6.45. The van der Waals surface area contributed by atoms with Crippen LogP contribution in [-0.2, 0) is 6.42 Å². The minimum atomic E-state index is 0.801. The van der Waals surface area contributed by atoms with Gasteiger partial charge in [0.05, 0.1) is 0 Å². The Bertz CT molecular complexity index is 172. The van der Waals surface area contributed by atoms with Crippen LogP contribution in [-0.4, -0.2) is 18.1 Å². The van der Waals surface area contributed by atoms with Gasteiger partial charge in [0, 0.05) is 17.2 Å². The van der Waals surface area contributed by atoms with Crippen molar-refractivity contribution in [1.82, 2.24) is 0 Å². The van der Waals surface area contributed by atoms with Crippen molar-refractivity contribution in [3.05, 3.63) is 22.4 Å². The SMILES string of the molecule is NCCSCCc1cccs1. The van der Waals surface area contributed by atoms with Gasteiger partial charge >= 0.3 is 0 Å². The Kier molecular flexibility index (Phi) is 4.66. The van der Waals surface area contributed by atoms with Crippen molar-refractivity contribution in [1.29, 1.82) is 0 Å². The Morgan fingerprint density at radius 1 is 1.45 bits per heavy atom. The van der Waals surface area contributed by atoms with E-state index in [4.69, 9.17) is 5.73 Å². The fourth-order valence-corrected chi connectivity index (χ4v) is 2.39. The average molecular weight is 187 g/mol. The molecule has 1 heterocycles. The van der Waals surface area contributed by atoms with Gasteiger partial charge in [0.1, 0.15) is 0 Å². The Hall–Kier alpha value is 0.01000. The third kappa shape index (κ3) is 3.79. The maximum absolute atomic E-state index is 5.37. The minimum absolute atomic E-state index is 0.801. The quantitative estimate of drug-likeness (QED) is 0.713. The van der Waals surface area contributed by atoms with Crippen LogP contribution in [0.4, 0.5) is 0 Å². The van der Waals surface area contributed by atoms with Crippen molar-refractivity contribution in [3.63, 3.8) is 0 Å². The number of thiophene rings is 1. The summed E-state index contributed by atoms with van der Waals surface area (Å²) in [6, 6.07) is 4.29. The summed E-state index contributed by atoms with van der Waals surface area (Å²) >= 11 is 3.77. The Morgan fingerprint density at radius 2 is 2.36 bits per heavy atom. The molecule has 0 aromatic carbocycles. The molecular weight excluding hydrogens is 174 g/mol. The fraction of sp³-hybridized carbons (Fsp3) is 0.500. The molecule has 0 aliphatic rings. The van der Waals surface area contributed by atoms with Crippen molar-refractivity contribution in [3.8, 4) is 0 Å². The Labute approximate surface area is 76.0 Å². The average Bonchev–Trinajstić information content (AvgIpc) is 2.50. The molecule has 0 spiro atoms. The van der Waals surface area contributed by atoms with Crippen molar-refractivity contribution >= 4 is 23.1 Å². The smallest absolute Gasteiger partial charge is 0.00559 e. The molecule has 0 amide bonds. The predicted octanol–water partition coefficient (Wildman–Crippen LogP) is 1.98. The molecule has 1 aromatic heterocycles. The fourth-order valence-electron chi connectivity index (χ4n) is 0.813. The van der Waals surface area contributed by atoms with Crippen LogP contribution in [0.25, 0.3) is 0 Å². The van der Waals surface area contributed by atoms with Crippen LogP contribution in [0.5, 0.6) is 0 Å². The van der Waals surface area contributed by atoms with E-state index in [1.807, 2.05) is 23.1 Å². The first-order chi connectivity index (χ1) is 5.43. The lowest BCUT2D eigenvalue weighted by molar-refractivity contribution is 1.14. The monoisotopic (exact) mass is 187 g/mol. The normalized spacial score (nSPS) is 10.3. The predicted molar refractivity (Wildman–Crippen MR) is 54.4 cm³/mol. The second-order valence-electron chi connectivity index (χ2n) is 2.23.